The molecule has 0 unspecified atom stereocenters. The van der Waals surface area contributed by atoms with Crippen molar-refractivity contribution >= 4 is 17.3 Å². The lowest BCUT2D eigenvalue weighted by Crippen LogP contribution is -2.42. The van der Waals surface area contributed by atoms with Gasteiger partial charge in [0.25, 0.3) is 11.6 Å². The second kappa shape index (κ2) is 7.42. The van der Waals surface area contributed by atoms with E-state index in [0.29, 0.717) is 23.1 Å². The van der Waals surface area contributed by atoms with E-state index in [1.165, 1.54) is 12.5 Å². The molecule has 136 valence electrons. The van der Waals surface area contributed by atoms with Crippen molar-refractivity contribution in [1.29, 1.82) is 0 Å². The highest BCUT2D eigenvalue weighted by Crippen LogP contribution is 2.32. The maximum absolute atomic E-state index is 12.8. The Balaban J connectivity index is 1.85. The molecule has 2 saturated heterocycles. The van der Waals surface area contributed by atoms with Crippen LogP contribution in [-0.4, -0.2) is 41.9 Å². The van der Waals surface area contributed by atoms with Crippen molar-refractivity contribution in [2.75, 3.05) is 31.1 Å². The second-order valence-corrected chi connectivity index (χ2v) is 7.66. The monoisotopic (exact) mass is 345 g/mol. The lowest BCUT2D eigenvalue weighted by Gasteiger charge is -2.35. The minimum Gasteiger partial charge on any atom is -0.366 e. The Bertz CT molecular complexity index is 645. The highest BCUT2D eigenvalue weighted by molar-refractivity contribution is 5.96. The fourth-order valence-electron chi connectivity index (χ4n) is 4.22. The minimum atomic E-state index is -0.359. The van der Waals surface area contributed by atoms with Gasteiger partial charge in [0.1, 0.15) is 5.69 Å². The summed E-state index contributed by atoms with van der Waals surface area (Å²) in [5.74, 6) is 0.845. The Kier molecular flexibility index (Phi) is 5.25. The van der Waals surface area contributed by atoms with Crippen molar-refractivity contribution < 1.29 is 9.72 Å². The molecule has 2 aliphatic heterocycles. The van der Waals surface area contributed by atoms with Crippen LogP contribution in [0.3, 0.4) is 0 Å². The number of likely N-dealkylation sites (tertiary alicyclic amines) is 1. The summed E-state index contributed by atoms with van der Waals surface area (Å²) in [7, 11) is 0. The molecule has 1 aromatic rings. The first-order valence-electron chi connectivity index (χ1n) is 9.28. The molecule has 0 radical (unpaired) electrons. The van der Waals surface area contributed by atoms with Gasteiger partial charge in [-0.1, -0.05) is 13.8 Å². The first-order chi connectivity index (χ1) is 12.0. The van der Waals surface area contributed by atoms with E-state index in [-0.39, 0.29) is 16.5 Å². The number of carbonyl (C=O) groups is 1. The van der Waals surface area contributed by atoms with Gasteiger partial charge in [0, 0.05) is 37.8 Å². The molecule has 6 heteroatoms. The molecule has 2 aliphatic rings. The Morgan fingerprint density at radius 1 is 1.12 bits per heavy atom. The van der Waals surface area contributed by atoms with Crippen molar-refractivity contribution in [3.8, 4) is 0 Å². The van der Waals surface area contributed by atoms with Crippen molar-refractivity contribution in [3.05, 3.63) is 33.9 Å². The van der Waals surface area contributed by atoms with Crippen molar-refractivity contribution in [1.82, 2.24) is 4.90 Å². The molecule has 1 aromatic carbocycles. The SMILES string of the molecule is C[C@@H]1C[C@H](C)CN(C(=O)c2ccc(N3CCCCC3)c([N+](=O)[O-])c2)C1. The minimum absolute atomic E-state index is 0.0471. The third-order valence-corrected chi connectivity index (χ3v) is 5.27. The smallest absolute Gasteiger partial charge is 0.293 e. The summed E-state index contributed by atoms with van der Waals surface area (Å²) in [6.07, 6.45) is 4.41. The summed E-state index contributed by atoms with van der Waals surface area (Å²) >= 11 is 0. The number of nitrogens with zero attached hydrogens (tertiary/aromatic N) is 3. The normalized spacial score (nSPS) is 24.2. The molecule has 0 spiro atoms. The number of benzene rings is 1. The highest BCUT2D eigenvalue weighted by Gasteiger charge is 2.28. The van der Waals surface area contributed by atoms with Gasteiger partial charge in [-0.2, -0.15) is 0 Å². The first-order valence-corrected chi connectivity index (χ1v) is 9.28. The number of piperidine rings is 2. The zero-order valence-electron chi connectivity index (χ0n) is 15.1. The predicted molar refractivity (Wildman–Crippen MR) is 98.0 cm³/mol. The molecule has 0 saturated carbocycles. The number of anilines is 1. The Hall–Kier alpha value is -2.11. The van der Waals surface area contributed by atoms with Gasteiger partial charge in [0.2, 0.25) is 0 Å². The van der Waals surface area contributed by atoms with Gasteiger partial charge >= 0.3 is 0 Å². The molecule has 2 heterocycles. The number of nitro benzene ring substituents is 1. The summed E-state index contributed by atoms with van der Waals surface area (Å²) in [5.41, 5.74) is 1.11. The molecule has 2 fully saturated rings. The van der Waals surface area contributed by atoms with Crippen LogP contribution in [0.15, 0.2) is 18.2 Å². The zero-order chi connectivity index (χ0) is 18.0. The van der Waals surface area contributed by atoms with Crippen LogP contribution in [0.2, 0.25) is 0 Å². The van der Waals surface area contributed by atoms with Crippen LogP contribution in [-0.2, 0) is 0 Å². The lowest BCUT2D eigenvalue weighted by atomic mass is 9.91. The molecule has 6 nitrogen and oxygen atoms in total. The molecule has 1 amide bonds. The Labute approximate surface area is 148 Å². The van der Waals surface area contributed by atoms with Gasteiger partial charge in [-0.3, -0.25) is 14.9 Å². The third kappa shape index (κ3) is 3.94. The fourth-order valence-corrected chi connectivity index (χ4v) is 4.22. The Morgan fingerprint density at radius 3 is 2.36 bits per heavy atom. The zero-order valence-corrected chi connectivity index (χ0v) is 15.1. The van der Waals surface area contributed by atoms with Gasteiger partial charge < -0.3 is 9.80 Å². The van der Waals surface area contributed by atoms with E-state index in [1.807, 2.05) is 4.90 Å². The van der Waals surface area contributed by atoms with Crippen LogP contribution in [0.1, 0.15) is 49.9 Å². The summed E-state index contributed by atoms with van der Waals surface area (Å²) in [6, 6.07) is 4.98. The molecule has 0 bridgehead atoms. The number of nitro groups is 1. The molecule has 2 atom stereocenters. The standard InChI is InChI=1S/C19H27N3O3/c1-14-10-15(2)13-21(12-14)19(23)16-6-7-17(18(11-16)22(24)25)20-8-4-3-5-9-20/h6-7,11,14-15H,3-5,8-10,12-13H2,1-2H3/t14-,15+. The largest absolute Gasteiger partial charge is 0.366 e. The maximum atomic E-state index is 12.8. The molecule has 0 aliphatic carbocycles. The third-order valence-electron chi connectivity index (χ3n) is 5.27. The molecular weight excluding hydrogens is 318 g/mol. The van der Waals surface area contributed by atoms with Crippen LogP contribution < -0.4 is 4.90 Å². The maximum Gasteiger partial charge on any atom is 0.293 e. The van der Waals surface area contributed by atoms with Gasteiger partial charge in [0.15, 0.2) is 0 Å². The van der Waals surface area contributed by atoms with E-state index >= 15 is 0 Å². The van der Waals surface area contributed by atoms with Gasteiger partial charge in [-0.05, 0) is 49.7 Å². The number of rotatable bonds is 3. The molecular formula is C19H27N3O3. The van der Waals surface area contributed by atoms with Crippen molar-refractivity contribution in [3.63, 3.8) is 0 Å². The van der Waals surface area contributed by atoms with Gasteiger partial charge in [0.05, 0.1) is 4.92 Å². The predicted octanol–water partition coefficient (Wildman–Crippen LogP) is 3.70. The van der Waals surface area contributed by atoms with Crippen LogP contribution >= 0.6 is 0 Å². The summed E-state index contributed by atoms with van der Waals surface area (Å²) in [6.45, 7) is 7.44. The average Bonchev–Trinajstić information content (AvgIpc) is 2.60. The summed E-state index contributed by atoms with van der Waals surface area (Å²) in [4.78, 5) is 28.0. The fraction of sp³-hybridized carbons (Fsp3) is 0.632. The van der Waals surface area contributed by atoms with E-state index in [1.54, 1.807) is 12.1 Å². The Morgan fingerprint density at radius 2 is 1.76 bits per heavy atom. The molecule has 25 heavy (non-hydrogen) atoms. The van der Waals surface area contributed by atoms with E-state index in [4.69, 9.17) is 0 Å². The summed E-state index contributed by atoms with van der Waals surface area (Å²) in [5, 5.41) is 11.6. The number of hydrogen-bond donors (Lipinski definition) is 0. The van der Waals surface area contributed by atoms with Crippen molar-refractivity contribution in [2.24, 2.45) is 11.8 Å². The van der Waals surface area contributed by atoms with Crippen LogP contribution in [0.4, 0.5) is 11.4 Å². The number of hydrogen-bond acceptors (Lipinski definition) is 4. The molecule has 0 N–H and O–H groups in total. The van der Waals surface area contributed by atoms with Crippen LogP contribution in [0, 0.1) is 22.0 Å². The van der Waals surface area contributed by atoms with E-state index in [2.05, 4.69) is 18.7 Å². The quantitative estimate of drug-likeness (QED) is 0.619. The molecule has 0 aromatic heterocycles. The van der Waals surface area contributed by atoms with Crippen LogP contribution in [0.25, 0.3) is 0 Å². The first kappa shape index (κ1) is 17.7. The van der Waals surface area contributed by atoms with Crippen LogP contribution in [0.5, 0.6) is 0 Å². The lowest BCUT2D eigenvalue weighted by molar-refractivity contribution is -0.384. The molecule has 3 rings (SSSR count). The summed E-state index contributed by atoms with van der Waals surface area (Å²) < 4.78 is 0. The number of amides is 1. The van der Waals surface area contributed by atoms with Gasteiger partial charge in [-0.25, -0.2) is 0 Å². The van der Waals surface area contributed by atoms with E-state index in [9.17, 15) is 14.9 Å². The van der Waals surface area contributed by atoms with Gasteiger partial charge in [-0.15, -0.1) is 0 Å². The number of carbonyl (C=O) groups excluding carboxylic acids is 1. The van der Waals surface area contributed by atoms with E-state index < -0.39 is 0 Å². The van der Waals surface area contributed by atoms with E-state index in [0.717, 1.165) is 45.4 Å². The topological polar surface area (TPSA) is 66.7 Å². The highest BCUT2D eigenvalue weighted by atomic mass is 16.6. The van der Waals surface area contributed by atoms with Crippen molar-refractivity contribution in [2.45, 2.75) is 39.5 Å². The second-order valence-electron chi connectivity index (χ2n) is 7.66. The average molecular weight is 345 g/mol.